The predicted octanol–water partition coefficient (Wildman–Crippen LogP) is 5.06. The van der Waals surface area contributed by atoms with E-state index in [2.05, 4.69) is 17.1 Å². The molecule has 0 saturated carbocycles. The standard InChI is InChI=1S/C20H28N2O3.C2HF3O2/c1-4-24-19(23)22-11-5-8-20(22)9-6-16(7-10-20)17-12-18(14-21-13-17)25-15(2)3;3-2(4,5)1(6)7/h6,12-15H,4-5,7-11H2,1-3H3;(H,6,7). The number of halogens is 3. The second kappa shape index (κ2) is 10.7. The van der Waals surface area contributed by atoms with Crippen molar-refractivity contribution in [1.29, 1.82) is 0 Å². The van der Waals surface area contributed by atoms with Crippen LogP contribution in [-0.4, -0.2) is 58.0 Å². The Bertz CT molecular complexity index is 841. The highest BCUT2D eigenvalue weighted by Gasteiger charge is 2.44. The summed E-state index contributed by atoms with van der Waals surface area (Å²) in [6, 6.07) is 2.06. The van der Waals surface area contributed by atoms with Crippen LogP contribution in [0.1, 0.15) is 58.4 Å². The van der Waals surface area contributed by atoms with Gasteiger partial charge in [0, 0.05) is 12.7 Å². The van der Waals surface area contributed by atoms with Gasteiger partial charge in [0.25, 0.3) is 0 Å². The number of ether oxygens (including phenoxy) is 2. The number of carbonyl (C=O) groups excluding carboxylic acids is 1. The fraction of sp³-hybridized carbons (Fsp3) is 0.591. The molecule has 2 aliphatic rings. The Morgan fingerprint density at radius 1 is 1.28 bits per heavy atom. The average Bonchev–Trinajstić information content (AvgIpc) is 3.11. The number of carboxylic acid groups (broad SMARTS) is 1. The molecule has 2 heterocycles. The van der Waals surface area contributed by atoms with Crippen molar-refractivity contribution in [3.05, 3.63) is 30.1 Å². The number of pyridine rings is 1. The number of likely N-dealkylation sites (tertiary alicyclic amines) is 1. The van der Waals surface area contributed by atoms with Crippen LogP contribution in [0.3, 0.4) is 0 Å². The minimum absolute atomic E-state index is 0.0603. The maximum Gasteiger partial charge on any atom is 0.490 e. The molecule has 1 saturated heterocycles. The topological polar surface area (TPSA) is 89.0 Å². The summed E-state index contributed by atoms with van der Waals surface area (Å²) in [5.41, 5.74) is 2.35. The van der Waals surface area contributed by atoms with E-state index in [1.54, 1.807) is 6.20 Å². The molecule has 1 aliphatic carbocycles. The summed E-state index contributed by atoms with van der Waals surface area (Å²) in [7, 11) is 0. The van der Waals surface area contributed by atoms with Crippen molar-refractivity contribution in [2.75, 3.05) is 13.2 Å². The normalized spacial score (nSPS) is 20.5. The highest BCUT2D eigenvalue weighted by Crippen LogP contribution is 2.43. The average molecular weight is 458 g/mol. The van der Waals surface area contributed by atoms with Crippen LogP contribution in [0.15, 0.2) is 24.5 Å². The quantitative estimate of drug-likeness (QED) is 0.678. The van der Waals surface area contributed by atoms with E-state index in [1.165, 1.54) is 5.57 Å². The van der Waals surface area contributed by atoms with E-state index in [9.17, 15) is 18.0 Å². The third kappa shape index (κ3) is 6.61. The number of nitrogens with zero attached hydrogens (tertiary/aromatic N) is 2. The predicted molar refractivity (Wildman–Crippen MR) is 111 cm³/mol. The van der Waals surface area contributed by atoms with Gasteiger partial charge in [-0.25, -0.2) is 9.59 Å². The van der Waals surface area contributed by atoms with Crippen molar-refractivity contribution in [2.45, 2.75) is 70.7 Å². The van der Waals surface area contributed by atoms with E-state index in [1.807, 2.05) is 31.9 Å². The second-order valence-electron chi connectivity index (χ2n) is 7.99. The Balaban J connectivity index is 0.000000451. The minimum Gasteiger partial charge on any atom is -0.489 e. The van der Waals surface area contributed by atoms with E-state index in [4.69, 9.17) is 19.4 Å². The van der Waals surface area contributed by atoms with Crippen molar-refractivity contribution in [3.63, 3.8) is 0 Å². The number of aliphatic carboxylic acids is 1. The summed E-state index contributed by atoms with van der Waals surface area (Å²) >= 11 is 0. The van der Waals surface area contributed by atoms with Crippen molar-refractivity contribution in [2.24, 2.45) is 0 Å². The summed E-state index contributed by atoms with van der Waals surface area (Å²) in [6.07, 6.45) is 5.75. The van der Waals surface area contributed by atoms with Gasteiger partial charge in [0.2, 0.25) is 0 Å². The van der Waals surface area contributed by atoms with E-state index in [0.717, 1.165) is 50.0 Å². The van der Waals surface area contributed by atoms with Crippen LogP contribution in [0, 0.1) is 0 Å². The number of allylic oxidation sites excluding steroid dienone is 1. The molecule has 3 rings (SSSR count). The zero-order chi connectivity index (χ0) is 23.9. The molecule has 1 unspecified atom stereocenters. The SMILES string of the molecule is CCOC(=O)N1CCCC12CC=C(c1cncc(OC(C)C)c1)CC2.O=C(O)C(F)(F)F. The second-order valence-corrected chi connectivity index (χ2v) is 7.99. The van der Waals surface area contributed by atoms with Crippen molar-refractivity contribution in [3.8, 4) is 5.75 Å². The third-order valence-corrected chi connectivity index (χ3v) is 5.37. The molecule has 1 amide bonds. The number of alkyl halides is 3. The van der Waals surface area contributed by atoms with E-state index >= 15 is 0 Å². The molecule has 32 heavy (non-hydrogen) atoms. The van der Waals surface area contributed by atoms with Crippen molar-refractivity contribution in [1.82, 2.24) is 9.88 Å². The Morgan fingerprint density at radius 2 is 1.97 bits per heavy atom. The molecule has 1 aromatic heterocycles. The fourth-order valence-corrected chi connectivity index (χ4v) is 3.97. The number of carbonyl (C=O) groups is 2. The van der Waals surface area contributed by atoms with Gasteiger partial charge in [0.1, 0.15) is 5.75 Å². The maximum atomic E-state index is 12.3. The molecule has 10 heteroatoms. The van der Waals surface area contributed by atoms with Gasteiger partial charge in [-0.3, -0.25) is 4.98 Å². The summed E-state index contributed by atoms with van der Waals surface area (Å²) < 4.78 is 42.7. The van der Waals surface area contributed by atoms with Gasteiger partial charge in [0.05, 0.1) is 24.4 Å². The molecule has 1 fully saturated rings. The van der Waals surface area contributed by atoms with Crippen LogP contribution >= 0.6 is 0 Å². The van der Waals surface area contributed by atoms with Crippen LogP contribution in [-0.2, 0) is 9.53 Å². The molecule has 1 aromatic rings. The summed E-state index contributed by atoms with van der Waals surface area (Å²) in [5, 5.41) is 7.12. The van der Waals surface area contributed by atoms with Gasteiger partial charge >= 0.3 is 18.2 Å². The molecule has 1 atom stereocenters. The lowest BCUT2D eigenvalue weighted by Crippen LogP contribution is -2.48. The van der Waals surface area contributed by atoms with E-state index in [-0.39, 0.29) is 17.7 Å². The number of amides is 1. The Labute approximate surface area is 185 Å². The number of aromatic nitrogens is 1. The fourth-order valence-electron chi connectivity index (χ4n) is 3.97. The molecule has 0 radical (unpaired) electrons. The van der Waals surface area contributed by atoms with Crippen LogP contribution in [0.5, 0.6) is 5.75 Å². The molecule has 1 N–H and O–H groups in total. The smallest absolute Gasteiger partial charge is 0.489 e. The van der Waals surface area contributed by atoms with E-state index < -0.39 is 12.1 Å². The first-order valence-corrected chi connectivity index (χ1v) is 10.5. The first kappa shape index (κ1) is 25.5. The van der Waals surface area contributed by atoms with Gasteiger partial charge in [-0.1, -0.05) is 6.08 Å². The Kier molecular flexibility index (Phi) is 8.51. The van der Waals surface area contributed by atoms with Crippen LogP contribution in [0.4, 0.5) is 18.0 Å². The van der Waals surface area contributed by atoms with Gasteiger partial charge in [0.15, 0.2) is 0 Å². The van der Waals surface area contributed by atoms with Gasteiger partial charge < -0.3 is 19.5 Å². The number of hydrogen-bond acceptors (Lipinski definition) is 5. The zero-order valence-corrected chi connectivity index (χ0v) is 18.4. The lowest BCUT2D eigenvalue weighted by Gasteiger charge is -2.40. The minimum atomic E-state index is -5.08. The molecule has 178 valence electrons. The number of rotatable bonds is 4. The molecular formula is C22H29F3N2O5. The Morgan fingerprint density at radius 3 is 2.50 bits per heavy atom. The molecule has 7 nitrogen and oxygen atoms in total. The maximum absolute atomic E-state index is 12.3. The molecule has 1 aliphatic heterocycles. The van der Waals surface area contributed by atoms with Gasteiger partial charge in [-0.2, -0.15) is 13.2 Å². The molecule has 0 bridgehead atoms. The molecule has 0 aromatic carbocycles. The largest absolute Gasteiger partial charge is 0.490 e. The Hall–Kier alpha value is -2.78. The first-order valence-electron chi connectivity index (χ1n) is 10.5. The summed E-state index contributed by atoms with van der Waals surface area (Å²) in [5.74, 6) is -1.95. The number of carboxylic acids is 1. The molecule has 1 spiro atoms. The summed E-state index contributed by atoms with van der Waals surface area (Å²) in [6.45, 7) is 7.13. The van der Waals surface area contributed by atoms with Crippen molar-refractivity contribution >= 4 is 17.6 Å². The summed E-state index contributed by atoms with van der Waals surface area (Å²) in [4.78, 5) is 27.4. The van der Waals surface area contributed by atoms with Crippen LogP contribution in [0.2, 0.25) is 0 Å². The van der Waals surface area contributed by atoms with Gasteiger partial charge in [-0.15, -0.1) is 0 Å². The highest BCUT2D eigenvalue weighted by molar-refractivity contribution is 5.73. The van der Waals surface area contributed by atoms with Crippen LogP contribution in [0.25, 0.3) is 5.57 Å². The number of hydrogen-bond donors (Lipinski definition) is 1. The van der Waals surface area contributed by atoms with E-state index in [0.29, 0.717) is 6.61 Å². The first-order chi connectivity index (χ1) is 15.0. The third-order valence-electron chi connectivity index (χ3n) is 5.37. The zero-order valence-electron chi connectivity index (χ0n) is 18.4. The van der Waals surface area contributed by atoms with Gasteiger partial charge in [-0.05, 0) is 70.1 Å². The van der Waals surface area contributed by atoms with Crippen LogP contribution < -0.4 is 4.74 Å². The lowest BCUT2D eigenvalue weighted by atomic mass is 9.79. The highest BCUT2D eigenvalue weighted by atomic mass is 19.4. The van der Waals surface area contributed by atoms with Crippen molar-refractivity contribution < 1.29 is 37.3 Å². The monoisotopic (exact) mass is 458 g/mol. The lowest BCUT2D eigenvalue weighted by molar-refractivity contribution is -0.192. The molecular weight excluding hydrogens is 429 g/mol.